The summed E-state index contributed by atoms with van der Waals surface area (Å²) in [6.07, 6.45) is 10.1. The van der Waals surface area contributed by atoms with Crippen LogP contribution in [0.5, 0.6) is 0 Å². The Morgan fingerprint density at radius 3 is 1.78 bits per heavy atom. The van der Waals surface area contributed by atoms with Crippen molar-refractivity contribution in [2.75, 3.05) is 0 Å². The molecule has 0 N–H and O–H groups in total. The van der Waals surface area contributed by atoms with E-state index in [0.717, 1.165) is 17.8 Å². The van der Waals surface area contributed by atoms with Crippen molar-refractivity contribution >= 4 is 12.2 Å². The molecule has 0 atom stereocenters. The highest BCUT2D eigenvalue weighted by atomic mass is 14.8. The molecule has 1 aromatic heterocycles. The summed E-state index contributed by atoms with van der Waals surface area (Å²) < 4.78 is 0. The summed E-state index contributed by atoms with van der Waals surface area (Å²) in [5.41, 5.74) is 1.72. The molecule has 18 heavy (non-hydrogen) atoms. The third-order valence-corrected chi connectivity index (χ3v) is 1.46. The summed E-state index contributed by atoms with van der Waals surface area (Å²) >= 11 is 0. The third kappa shape index (κ3) is 11.1. The first-order valence-corrected chi connectivity index (χ1v) is 6.98. The number of rotatable bonds is 3. The van der Waals surface area contributed by atoms with Gasteiger partial charge in [0.05, 0.1) is 11.4 Å². The molecule has 0 aliphatic rings. The summed E-state index contributed by atoms with van der Waals surface area (Å²) in [5, 5.41) is 0. The number of allylic oxidation sites excluding steroid dienone is 1. The van der Waals surface area contributed by atoms with Crippen LogP contribution in [-0.2, 0) is 0 Å². The molecule has 1 rings (SSSR count). The highest BCUT2D eigenvalue weighted by Gasteiger charge is 1.94. The Labute approximate surface area is 114 Å². The van der Waals surface area contributed by atoms with Crippen LogP contribution in [-0.4, -0.2) is 9.97 Å². The summed E-state index contributed by atoms with van der Waals surface area (Å²) in [4.78, 5) is 8.28. The number of nitrogens with zero attached hydrogens (tertiary/aromatic N) is 2. The van der Waals surface area contributed by atoms with Crippen molar-refractivity contribution in [3.05, 3.63) is 36.4 Å². The van der Waals surface area contributed by atoms with Gasteiger partial charge in [-0.15, -0.1) is 0 Å². The maximum Gasteiger partial charge on any atom is 0.0883 e. The molecule has 2 nitrogen and oxygen atoms in total. The predicted octanol–water partition coefficient (Wildman–Crippen LogP) is 5.62. The topological polar surface area (TPSA) is 25.8 Å². The third-order valence-electron chi connectivity index (χ3n) is 1.46. The van der Waals surface area contributed by atoms with E-state index in [-0.39, 0.29) is 0 Å². The summed E-state index contributed by atoms with van der Waals surface area (Å²) in [6.45, 7) is 17.7. The van der Waals surface area contributed by atoms with Crippen LogP contribution in [0.4, 0.5) is 0 Å². The minimum Gasteiger partial charge on any atom is -0.253 e. The molecule has 0 fully saturated rings. The van der Waals surface area contributed by atoms with Crippen LogP contribution in [0, 0.1) is 0 Å². The van der Waals surface area contributed by atoms with Gasteiger partial charge in [0.15, 0.2) is 0 Å². The second-order valence-electron chi connectivity index (χ2n) is 2.34. The summed E-state index contributed by atoms with van der Waals surface area (Å²) in [5.74, 6) is 0. The van der Waals surface area contributed by atoms with Gasteiger partial charge in [-0.2, -0.15) is 0 Å². The summed E-state index contributed by atoms with van der Waals surface area (Å²) in [6, 6.07) is 0. The fraction of sp³-hybridized carbons (Fsp3) is 0.500. The van der Waals surface area contributed by atoms with Gasteiger partial charge in [0.1, 0.15) is 0 Å². The number of hydrogen-bond acceptors (Lipinski definition) is 2. The molecule has 1 aromatic rings. The zero-order chi connectivity index (χ0) is 14.8. The van der Waals surface area contributed by atoms with Crippen LogP contribution in [0.3, 0.4) is 0 Å². The molecular formula is C16H30N2. The van der Waals surface area contributed by atoms with Gasteiger partial charge in [-0.3, -0.25) is 9.97 Å². The van der Waals surface area contributed by atoms with E-state index in [1.807, 2.05) is 47.6 Å². The van der Waals surface area contributed by atoms with Crippen molar-refractivity contribution in [1.29, 1.82) is 0 Å². The van der Waals surface area contributed by atoms with Gasteiger partial charge in [-0.05, 0) is 18.6 Å². The van der Waals surface area contributed by atoms with E-state index in [4.69, 9.17) is 0 Å². The average molecular weight is 250 g/mol. The zero-order valence-electron chi connectivity index (χ0n) is 13.2. The van der Waals surface area contributed by atoms with Crippen molar-refractivity contribution in [1.82, 2.24) is 9.97 Å². The van der Waals surface area contributed by atoms with E-state index in [1.165, 1.54) is 0 Å². The molecule has 1 heterocycles. The molecule has 0 spiro atoms. The maximum absolute atomic E-state index is 4.17. The monoisotopic (exact) mass is 250 g/mol. The first kappa shape index (κ1) is 21.8. The van der Waals surface area contributed by atoms with Gasteiger partial charge in [-0.1, -0.05) is 61.1 Å². The SMILES string of the molecule is C=Cc1nccnc1C=CCC.CC.CC.CC. The van der Waals surface area contributed by atoms with Gasteiger partial charge >= 0.3 is 0 Å². The molecule has 0 saturated carbocycles. The van der Waals surface area contributed by atoms with Crippen LogP contribution < -0.4 is 0 Å². The van der Waals surface area contributed by atoms with Crippen molar-refractivity contribution < 1.29 is 0 Å². The van der Waals surface area contributed by atoms with Crippen molar-refractivity contribution in [2.24, 2.45) is 0 Å². The van der Waals surface area contributed by atoms with Gasteiger partial charge in [0.2, 0.25) is 0 Å². The standard InChI is InChI=1S/C10H12N2.3C2H6/c1-3-5-6-10-9(4-2)11-7-8-12-10;3*1-2/h4-8H,2-3H2,1H3;3*1-2H3. The van der Waals surface area contributed by atoms with Crippen LogP contribution >= 0.6 is 0 Å². The number of aromatic nitrogens is 2. The fourth-order valence-corrected chi connectivity index (χ4v) is 0.875. The average Bonchev–Trinajstić information content (AvgIpc) is 2.51. The molecule has 104 valence electrons. The largest absolute Gasteiger partial charge is 0.253 e. The lowest BCUT2D eigenvalue weighted by Gasteiger charge is -1.95. The van der Waals surface area contributed by atoms with Gasteiger partial charge in [0.25, 0.3) is 0 Å². The lowest BCUT2D eigenvalue weighted by molar-refractivity contribution is 1.15. The molecule has 0 saturated heterocycles. The smallest absolute Gasteiger partial charge is 0.0883 e. The molecule has 0 aliphatic carbocycles. The van der Waals surface area contributed by atoms with E-state index in [2.05, 4.69) is 29.5 Å². The zero-order valence-corrected chi connectivity index (χ0v) is 13.2. The van der Waals surface area contributed by atoms with E-state index in [0.29, 0.717) is 0 Å². The van der Waals surface area contributed by atoms with Crippen LogP contribution in [0.15, 0.2) is 25.0 Å². The Hall–Kier alpha value is -1.44. The van der Waals surface area contributed by atoms with Crippen LogP contribution in [0.25, 0.3) is 12.2 Å². The van der Waals surface area contributed by atoms with Gasteiger partial charge in [0, 0.05) is 12.4 Å². The highest BCUT2D eigenvalue weighted by molar-refractivity contribution is 5.57. The lowest BCUT2D eigenvalue weighted by atomic mass is 10.2. The van der Waals surface area contributed by atoms with E-state index >= 15 is 0 Å². The van der Waals surface area contributed by atoms with Gasteiger partial charge in [-0.25, -0.2) is 0 Å². The van der Waals surface area contributed by atoms with E-state index in [1.54, 1.807) is 18.5 Å². The minimum atomic E-state index is 0.835. The molecule has 0 radical (unpaired) electrons. The highest BCUT2D eigenvalue weighted by Crippen LogP contribution is 2.05. The fourth-order valence-electron chi connectivity index (χ4n) is 0.875. The Kier molecular flexibility index (Phi) is 25.3. The quantitative estimate of drug-likeness (QED) is 0.695. The van der Waals surface area contributed by atoms with Crippen molar-refractivity contribution in [3.63, 3.8) is 0 Å². The lowest BCUT2D eigenvalue weighted by Crippen LogP contribution is -1.88. The Balaban J connectivity index is -0.000000328. The van der Waals surface area contributed by atoms with Gasteiger partial charge < -0.3 is 0 Å². The Morgan fingerprint density at radius 1 is 0.944 bits per heavy atom. The van der Waals surface area contributed by atoms with Crippen LogP contribution in [0.1, 0.15) is 66.3 Å². The molecule has 2 heteroatoms. The first-order valence-electron chi connectivity index (χ1n) is 6.98. The maximum atomic E-state index is 4.17. The molecule has 0 unspecified atom stereocenters. The minimum absolute atomic E-state index is 0.835. The van der Waals surface area contributed by atoms with Crippen molar-refractivity contribution in [2.45, 2.75) is 54.9 Å². The van der Waals surface area contributed by atoms with Crippen molar-refractivity contribution in [3.8, 4) is 0 Å². The molecule has 0 aromatic carbocycles. The van der Waals surface area contributed by atoms with Crippen LogP contribution in [0.2, 0.25) is 0 Å². The number of hydrogen-bond donors (Lipinski definition) is 0. The van der Waals surface area contributed by atoms with E-state index < -0.39 is 0 Å². The Bertz CT molecular complexity index is 291. The second-order valence-corrected chi connectivity index (χ2v) is 2.34. The van der Waals surface area contributed by atoms with E-state index in [9.17, 15) is 0 Å². The Morgan fingerprint density at radius 2 is 1.39 bits per heavy atom. The second kappa shape index (κ2) is 20.9. The molecular weight excluding hydrogens is 220 g/mol. The molecule has 0 amide bonds. The molecule has 0 aliphatic heterocycles. The summed E-state index contributed by atoms with van der Waals surface area (Å²) in [7, 11) is 0. The normalized spacial score (nSPS) is 7.94. The molecule has 0 bridgehead atoms. The first-order chi connectivity index (χ1) is 8.88. The predicted molar refractivity (Wildman–Crippen MR) is 85.5 cm³/mol.